The standard InChI is InChI=1S/C10H17N3O/c1-10(2,3)5-4-8-6-11-9(13-8)7-12-14/h6-7,14H,4-5H2,1-3H3,(H,11,13). The van der Waals surface area contributed by atoms with Crippen molar-refractivity contribution in [2.75, 3.05) is 0 Å². The normalized spacial score (nSPS) is 12.5. The van der Waals surface area contributed by atoms with Crippen molar-refractivity contribution in [1.29, 1.82) is 0 Å². The molecule has 78 valence electrons. The Morgan fingerprint density at radius 2 is 2.29 bits per heavy atom. The average molecular weight is 195 g/mol. The number of hydrogen-bond donors (Lipinski definition) is 2. The number of aromatic nitrogens is 2. The van der Waals surface area contributed by atoms with E-state index in [0.717, 1.165) is 18.5 Å². The van der Waals surface area contributed by atoms with Crippen LogP contribution in [-0.4, -0.2) is 21.4 Å². The van der Waals surface area contributed by atoms with Gasteiger partial charge in [0.15, 0.2) is 5.82 Å². The van der Waals surface area contributed by atoms with E-state index >= 15 is 0 Å². The fourth-order valence-electron chi connectivity index (χ4n) is 1.13. The second-order valence-corrected chi connectivity index (χ2v) is 4.58. The quantitative estimate of drug-likeness (QED) is 0.441. The van der Waals surface area contributed by atoms with Crippen molar-refractivity contribution < 1.29 is 5.21 Å². The van der Waals surface area contributed by atoms with E-state index in [1.165, 1.54) is 6.21 Å². The molecule has 0 bridgehead atoms. The number of rotatable bonds is 3. The Morgan fingerprint density at radius 3 is 2.86 bits per heavy atom. The Labute approximate surface area is 84.1 Å². The van der Waals surface area contributed by atoms with Gasteiger partial charge in [-0.3, -0.25) is 0 Å². The van der Waals surface area contributed by atoms with Crippen molar-refractivity contribution in [1.82, 2.24) is 9.97 Å². The molecular formula is C10H17N3O. The molecule has 4 heteroatoms. The van der Waals surface area contributed by atoms with Gasteiger partial charge in [0.1, 0.15) is 6.21 Å². The van der Waals surface area contributed by atoms with Gasteiger partial charge in [-0.05, 0) is 18.3 Å². The molecule has 0 saturated carbocycles. The summed E-state index contributed by atoms with van der Waals surface area (Å²) in [7, 11) is 0. The minimum Gasteiger partial charge on any atom is -0.411 e. The fraction of sp³-hybridized carbons (Fsp3) is 0.600. The summed E-state index contributed by atoms with van der Waals surface area (Å²) in [6.45, 7) is 6.61. The monoisotopic (exact) mass is 195 g/mol. The number of nitrogens with one attached hydrogen (secondary N) is 1. The first-order valence-corrected chi connectivity index (χ1v) is 4.73. The predicted molar refractivity (Wildman–Crippen MR) is 55.7 cm³/mol. The van der Waals surface area contributed by atoms with Gasteiger partial charge in [-0.1, -0.05) is 25.9 Å². The fourth-order valence-corrected chi connectivity index (χ4v) is 1.13. The lowest BCUT2D eigenvalue weighted by Gasteiger charge is -2.16. The topological polar surface area (TPSA) is 61.3 Å². The zero-order chi connectivity index (χ0) is 10.6. The summed E-state index contributed by atoms with van der Waals surface area (Å²) in [5.41, 5.74) is 1.33. The van der Waals surface area contributed by atoms with Gasteiger partial charge in [-0.2, -0.15) is 0 Å². The molecule has 14 heavy (non-hydrogen) atoms. The second-order valence-electron chi connectivity index (χ2n) is 4.58. The minimum atomic E-state index is 0.324. The molecule has 0 radical (unpaired) electrons. The van der Waals surface area contributed by atoms with Crippen molar-refractivity contribution >= 4 is 6.21 Å². The smallest absolute Gasteiger partial charge is 0.152 e. The van der Waals surface area contributed by atoms with Gasteiger partial charge in [-0.15, -0.1) is 0 Å². The number of aromatic amines is 1. The number of nitrogens with zero attached hydrogens (tertiary/aromatic N) is 2. The second kappa shape index (κ2) is 4.26. The number of imidazole rings is 1. The number of oxime groups is 1. The lowest BCUT2D eigenvalue weighted by Crippen LogP contribution is -2.06. The van der Waals surface area contributed by atoms with Crippen molar-refractivity contribution in [3.05, 3.63) is 17.7 Å². The van der Waals surface area contributed by atoms with E-state index in [1.54, 1.807) is 0 Å². The molecular weight excluding hydrogens is 178 g/mol. The maximum Gasteiger partial charge on any atom is 0.152 e. The number of H-pyrrole nitrogens is 1. The maximum absolute atomic E-state index is 8.30. The van der Waals surface area contributed by atoms with Crippen LogP contribution in [-0.2, 0) is 6.42 Å². The highest BCUT2D eigenvalue weighted by atomic mass is 16.4. The Kier molecular flexibility index (Phi) is 3.28. The predicted octanol–water partition coefficient (Wildman–Crippen LogP) is 2.20. The van der Waals surface area contributed by atoms with Gasteiger partial charge in [0, 0.05) is 6.20 Å². The molecule has 0 amide bonds. The zero-order valence-corrected chi connectivity index (χ0v) is 8.91. The summed E-state index contributed by atoms with van der Waals surface area (Å²) in [5, 5.41) is 11.2. The van der Waals surface area contributed by atoms with Crippen molar-refractivity contribution in [3.8, 4) is 0 Å². The third-order valence-electron chi connectivity index (χ3n) is 1.96. The largest absolute Gasteiger partial charge is 0.411 e. The van der Waals surface area contributed by atoms with Gasteiger partial charge in [0.25, 0.3) is 0 Å². The molecule has 1 aromatic rings. The molecule has 0 spiro atoms. The molecule has 1 heterocycles. The van der Waals surface area contributed by atoms with Gasteiger partial charge in [0.2, 0.25) is 0 Å². The Balaban J connectivity index is 2.52. The third-order valence-corrected chi connectivity index (χ3v) is 1.96. The molecule has 0 unspecified atom stereocenters. The molecule has 2 N–H and O–H groups in total. The van der Waals surface area contributed by atoms with Gasteiger partial charge >= 0.3 is 0 Å². The highest BCUT2D eigenvalue weighted by Crippen LogP contribution is 2.20. The highest BCUT2D eigenvalue weighted by Gasteiger charge is 2.11. The molecule has 0 aliphatic heterocycles. The minimum absolute atomic E-state index is 0.324. The molecule has 0 saturated heterocycles. The van der Waals surface area contributed by atoms with Crippen LogP contribution in [0.2, 0.25) is 0 Å². The number of hydrogen-bond acceptors (Lipinski definition) is 3. The first kappa shape index (κ1) is 10.8. The van der Waals surface area contributed by atoms with E-state index < -0.39 is 0 Å². The van der Waals surface area contributed by atoms with Crippen LogP contribution in [0, 0.1) is 5.41 Å². The Morgan fingerprint density at radius 1 is 1.57 bits per heavy atom. The molecule has 0 fully saturated rings. The highest BCUT2D eigenvalue weighted by molar-refractivity contribution is 5.73. The van der Waals surface area contributed by atoms with E-state index in [2.05, 4.69) is 35.9 Å². The lowest BCUT2D eigenvalue weighted by atomic mass is 9.90. The van der Waals surface area contributed by atoms with Crippen molar-refractivity contribution in [2.45, 2.75) is 33.6 Å². The van der Waals surface area contributed by atoms with Crippen molar-refractivity contribution in [2.24, 2.45) is 10.6 Å². The SMILES string of the molecule is CC(C)(C)CCc1c[nH]c(C=NO)n1. The zero-order valence-electron chi connectivity index (χ0n) is 8.91. The first-order chi connectivity index (χ1) is 6.51. The Hall–Kier alpha value is -1.32. The van der Waals surface area contributed by atoms with Gasteiger partial charge in [-0.25, -0.2) is 4.98 Å². The summed E-state index contributed by atoms with van der Waals surface area (Å²) < 4.78 is 0. The molecule has 0 aliphatic rings. The molecule has 1 rings (SSSR count). The molecule has 0 atom stereocenters. The van der Waals surface area contributed by atoms with Crippen LogP contribution >= 0.6 is 0 Å². The van der Waals surface area contributed by atoms with Crippen LogP contribution in [0.4, 0.5) is 0 Å². The van der Waals surface area contributed by atoms with E-state index in [9.17, 15) is 0 Å². The summed E-state index contributed by atoms with van der Waals surface area (Å²) in [4.78, 5) is 7.16. The van der Waals surface area contributed by atoms with Crippen LogP contribution in [0.3, 0.4) is 0 Å². The molecule has 0 aromatic carbocycles. The van der Waals surface area contributed by atoms with Crippen LogP contribution in [0.15, 0.2) is 11.4 Å². The van der Waals surface area contributed by atoms with Gasteiger partial charge < -0.3 is 10.2 Å². The molecule has 0 aliphatic carbocycles. The summed E-state index contributed by atoms with van der Waals surface area (Å²) in [6.07, 6.45) is 5.18. The van der Waals surface area contributed by atoms with Crippen LogP contribution in [0.1, 0.15) is 38.7 Å². The summed E-state index contributed by atoms with van der Waals surface area (Å²) >= 11 is 0. The summed E-state index contributed by atoms with van der Waals surface area (Å²) in [6, 6.07) is 0. The van der Waals surface area contributed by atoms with Crippen molar-refractivity contribution in [3.63, 3.8) is 0 Å². The summed E-state index contributed by atoms with van der Waals surface area (Å²) in [5.74, 6) is 0.594. The first-order valence-electron chi connectivity index (χ1n) is 4.73. The Bertz CT molecular complexity index is 309. The third kappa shape index (κ3) is 3.60. The maximum atomic E-state index is 8.30. The molecule has 4 nitrogen and oxygen atoms in total. The van der Waals surface area contributed by atoms with E-state index in [1.807, 2.05) is 6.20 Å². The van der Waals surface area contributed by atoms with E-state index in [-0.39, 0.29) is 0 Å². The molecule has 1 aromatic heterocycles. The lowest BCUT2D eigenvalue weighted by molar-refractivity contribution is 0.321. The average Bonchev–Trinajstić information content (AvgIpc) is 2.49. The van der Waals surface area contributed by atoms with E-state index in [0.29, 0.717) is 11.2 Å². The number of aryl methyl sites for hydroxylation is 1. The van der Waals surface area contributed by atoms with Gasteiger partial charge in [0.05, 0.1) is 5.69 Å². The van der Waals surface area contributed by atoms with E-state index in [4.69, 9.17) is 5.21 Å². The van der Waals surface area contributed by atoms with Crippen LogP contribution in [0.5, 0.6) is 0 Å². The van der Waals surface area contributed by atoms with Crippen LogP contribution < -0.4 is 0 Å². The van der Waals surface area contributed by atoms with Crippen LogP contribution in [0.25, 0.3) is 0 Å².